The Hall–Kier alpha value is -2.25. The molecule has 2 aromatic carbocycles. The van der Waals surface area contributed by atoms with E-state index >= 15 is 0 Å². The van der Waals surface area contributed by atoms with Crippen molar-refractivity contribution in [3.8, 4) is 0 Å². The molecule has 0 radical (unpaired) electrons. The first-order chi connectivity index (χ1) is 12.5. The average Bonchev–Trinajstić information content (AvgIpc) is 2.96. The van der Waals surface area contributed by atoms with E-state index in [1.165, 1.54) is 6.07 Å². The van der Waals surface area contributed by atoms with Gasteiger partial charge in [-0.05, 0) is 48.2 Å². The molecular formula is C20H21NO4S2. The molecule has 7 heteroatoms. The first-order valence-corrected chi connectivity index (χ1v) is 11.2. The third-order valence-corrected chi connectivity index (χ3v) is 7.63. The number of aromatic amines is 1. The lowest BCUT2D eigenvalue weighted by Gasteiger charge is -2.22. The molecule has 0 saturated carbocycles. The van der Waals surface area contributed by atoms with E-state index in [9.17, 15) is 18.3 Å². The first kappa shape index (κ1) is 19.5. The highest BCUT2D eigenvalue weighted by Gasteiger charge is 2.25. The molecule has 0 atom stereocenters. The lowest BCUT2D eigenvalue weighted by atomic mass is 9.86. The van der Waals surface area contributed by atoms with Gasteiger partial charge in [0.05, 0.1) is 4.90 Å². The van der Waals surface area contributed by atoms with Crippen LogP contribution >= 0.6 is 10.8 Å². The minimum absolute atomic E-state index is 0.0772. The molecule has 0 unspecified atom stereocenters. The van der Waals surface area contributed by atoms with E-state index in [1.54, 1.807) is 30.3 Å². The summed E-state index contributed by atoms with van der Waals surface area (Å²) in [6, 6.07) is 11.9. The maximum atomic E-state index is 12.9. The molecule has 0 aliphatic carbocycles. The zero-order chi connectivity index (χ0) is 20.0. The molecule has 142 valence electrons. The summed E-state index contributed by atoms with van der Waals surface area (Å²) in [5.41, 5.74) is 2.27. The lowest BCUT2D eigenvalue weighted by Crippen LogP contribution is -2.13. The number of hydrogen-bond donors (Lipinski definition) is 2. The number of fused-ring (bicyclic) bond motifs is 1. The standard InChI is InChI=1S/C20H21NO4S2/c1-12-5-7-14(8-6-12)27(24,25)26-18-10-13-9-17(19(22)23)21-16(13)11-15(18)20(2,3)4/h5-11,21H,1-4H3,(H,22,23). The molecule has 0 saturated heterocycles. The summed E-state index contributed by atoms with van der Waals surface area (Å²) < 4.78 is 25.8. The second-order valence-electron chi connectivity index (χ2n) is 7.52. The normalized spacial score (nSPS) is 12.4. The number of H-pyrrole nitrogens is 1. The fourth-order valence-corrected chi connectivity index (χ4v) is 5.98. The van der Waals surface area contributed by atoms with Crippen LogP contribution in [0.25, 0.3) is 10.9 Å². The van der Waals surface area contributed by atoms with Gasteiger partial charge in [0.15, 0.2) is 0 Å². The van der Waals surface area contributed by atoms with Gasteiger partial charge in [-0.25, -0.2) is 13.2 Å². The fourth-order valence-electron chi connectivity index (χ4n) is 2.80. The van der Waals surface area contributed by atoms with Gasteiger partial charge < -0.3 is 10.1 Å². The Labute approximate surface area is 162 Å². The Kier molecular flexibility index (Phi) is 4.86. The van der Waals surface area contributed by atoms with Crippen molar-refractivity contribution in [3.63, 3.8) is 0 Å². The van der Waals surface area contributed by atoms with Crippen molar-refractivity contribution >= 4 is 36.5 Å². The van der Waals surface area contributed by atoms with Gasteiger partial charge in [-0.3, -0.25) is 0 Å². The van der Waals surface area contributed by atoms with Crippen LogP contribution in [0.2, 0.25) is 0 Å². The van der Waals surface area contributed by atoms with Gasteiger partial charge in [-0.1, -0.05) is 38.5 Å². The Bertz CT molecular complexity index is 1120. The van der Waals surface area contributed by atoms with Crippen LogP contribution in [-0.2, 0) is 14.3 Å². The summed E-state index contributed by atoms with van der Waals surface area (Å²) in [5, 5.41) is 9.88. The molecule has 0 aliphatic rings. The van der Waals surface area contributed by atoms with Crippen LogP contribution in [-0.4, -0.2) is 24.5 Å². The minimum Gasteiger partial charge on any atom is -0.477 e. The smallest absolute Gasteiger partial charge is 0.352 e. The molecule has 0 aliphatic heterocycles. The summed E-state index contributed by atoms with van der Waals surface area (Å²) in [5.74, 6) is -1.05. The highest BCUT2D eigenvalue weighted by molar-refractivity contribution is 8.72. The lowest BCUT2D eigenvalue weighted by molar-refractivity contribution is 0.0691. The number of nitrogens with one attached hydrogen (secondary N) is 1. The van der Waals surface area contributed by atoms with Crippen molar-refractivity contribution in [3.05, 3.63) is 59.3 Å². The number of aryl methyl sites for hydroxylation is 1. The fraction of sp³-hybridized carbons (Fsp3) is 0.250. The van der Waals surface area contributed by atoms with Crippen LogP contribution < -0.4 is 0 Å². The van der Waals surface area contributed by atoms with Gasteiger partial charge >= 0.3 is 5.97 Å². The molecule has 0 bridgehead atoms. The highest BCUT2D eigenvalue weighted by Crippen LogP contribution is 2.40. The number of aromatic nitrogens is 1. The van der Waals surface area contributed by atoms with E-state index in [1.807, 2.05) is 33.8 Å². The molecule has 0 spiro atoms. The molecule has 1 heterocycles. The van der Waals surface area contributed by atoms with Crippen molar-refractivity contribution in [2.75, 3.05) is 0 Å². The van der Waals surface area contributed by atoms with Crippen LogP contribution in [0, 0.1) is 6.92 Å². The largest absolute Gasteiger partial charge is 0.477 e. The Balaban J connectivity index is 2.13. The third-order valence-electron chi connectivity index (χ3n) is 4.27. The van der Waals surface area contributed by atoms with Gasteiger partial charge in [0.25, 0.3) is 0 Å². The molecule has 1 aromatic heterocycles. The first-order valence-electron chi connectivity index (χ1n) is 8.39. The molecule has 2 N–H and O–H groups in total. The summed E-state index contributed by atoms with van der Waals surface area (Å²) >= 11 is 0. The van der Waals surface area contributed by atoms with Crippen molar-refractivity contribution < 1.29 is 18.3 Å². The second kappa shape index (κ2) is 6.73. The topological polar surface area (TPSA) is 87.2 Å². The van der Waals surface area contributed by atoms with E-state index in [4.69, 9.17) is 0 Å². The van der Waals surface area contributed by atoms with E-state index in [0.717, 1.165) is 21.9 Å². The highest BCUT2D eigenvalue weighted by atomic mass is 33.1. The van der Waals surface area contributed by atoms with Crippen LogP contribution in [0.3, 0.4) is 0 Å². The van der Waals surface area contributed by atoms with Crippen molar-refractivity contribution in [2.24, 2.45) is 0 Å². The number of carboxylic acid groups (broad SMARTS) is 1. The minimum atomic E-state index is -3.60. The van der Waals surface area contributed by atoms with Gasteiger partial charge in [-0.2, -0.15) is 0 Å². The number of aromatic carboxylic acids is 1. The van der Waals surface area contributed by atoms with Crippen molar-refractivity contribution in [1.29, 1.82) is 0 Å². The third kappa shape index (κ3) is 4.04. The van der Waals surface area contributed by atoms with Crippen molar-refractivity contribution in [1.82, 2.24) is 4.98 Å². The SMILES string of the molecule is Cc1ccc(S(=O)(=O)Sc2cc3cc(C(=O)O)[nH]c3cc2C(C)(C)C)cc1. The molecule has 5 nitrogen and oxygen atoms in total. The molecule has 3 rings (SSSR count). The Morgan fingerprint density at radius 2 is 1.70 bits per heavy atom. The summed E-state index contributed by atoms with van der Waals surface area (Å²) in [4.78, 5) is 15.0. The van der Waals surface area contributed by atoms with Gasteiger partial charge in [0.2, 0.25) is 8.87 Å². The molecular weight excluding hydrogens is 382 g/mol. The Morgan fingerprint density at radius 1 is 1.07 bits per heavy atom. The van der Waals surface area contributed by atoms with E-state index in [2.05, 4.69) is 4.98 Å². The zero-order valence-corrected chi connectivity index (χ0v) is 17.2. The number of rotatable bonds is 4. The van der Waals surface area contributed by atoms with Gasteiger partial charge in [0, 0.05) is 26.6 Å². The molecule has 0 amide bonds. The number of benzene rings is 2. The average molecular weight is 404 g/mol. The summed E-state index contributed by atoms with van der Waals surface area (Å²) in [6.07, 6.45) is 0. The maximum Gasteiger partial charge on any atom is 0.352 e. The number of carboxylic acids is 1. The predicted octanol–water partition coefficient (Wildman–Crippen LogP) is 4.95. The van der Waals surface area contributed by atoms with Gasteiger partial charge in [0.1, 0.15) is 5.69 Å². The number of carbonyl (C=O) groups is 1. The van der Waals surface area contributed by atoms with Crippen LogP contribution in [0.5, 0.6) is 0 Å². The quantitative estimate of drug-likeness (QED) is 0.602. The maximum absolute atomic E-state index is 12.9. The van der Waals surface area contributed by atoms with Crippen LogP contribution in [0.1, 0.15) is 42.4 Å². The van der Waals surface area contributed by atoms with Crippen LogP contribution in [0.4, 0.5) is 0 Å². The zero-order valence-electron chi connectivity index (χ0n) is 15.5. The summed E-state index contributed by atoms with van der Waals surface area (Å²) in [6.45, 7) is 7.90. The van der Waals surface area contributed by atoms with Crippen molar-refractivity contribution in [2.45, 2.75) is 42.9 Å². The molecule has 3 aromatic rings. The number of hydrogen-bond acceptors (Lipinski definition) is 4. The van der Waals surface area contributed by atoms with E-state index < -0.39 is 14.8 Å². The van der Waals surface area contributed by atoms with Crippen LogP contribution in [0.15, 0.2) is 52.3 Å². The van der Waals surface area contributed by atoms with E-state index in [0.29, 0.717) is 15.8 Å². The predicted molar refractivity (Wildman–Crippen MR) is 108 cm³/mol. The Morgan fingerprint density at radius 3 is 2.26 bits per heavy atom. The monoisotopic (exact) mass is 403 g/mol. The summed E-state index contributed by atoms with van der Waals surface area (Å²) in [7, 11) is -2.80. The van der Waals surface area contributed by atoms with Gasteiger partial charge in [-0.15, -0.1) is 0 Å². The van der Waals surface area contributed by atoms with E-state index in [-0.39, 0.29) is 16.0 Å². The molecule has 27 heavy (non-hydrogen) atoms. The molecule has 0 fully saturated rings. The second-order valence-corrected chi connectivity index (χ2v) is 11.3.